The summed E-state index contributed by atoms with van der Waals surface area (Å²) in [4.78, 5) is 12.7. The molecule has 0 amide bonds. The minimum Gasteiger partial charge on any atom is -0.452 e. The van der Waals surface area contributed by atoms with E-state index in [0.29, 0.717) is 11.3 Å². The Morgan fingerprint density at radius 3 is 2.83 bits per heavy atom. The number of halogens is 1. The molecule has 0 aliphatic carbocycles. The van der Waals surface area contributed by atoms with E-state index in [-0.39, 0.29) is 5.75 Å². The molecule has 2 aromatic heterocycles. The van der Waals surface area contributed by atoms with Gasteiger partial charge in [0.25, 0.3) is 5.95 Å². The van der Waals surface area contributed by atoms with Crippen molar-refractivity contribution < 1.29 is 9.13 Å². The first-order valence-electron chi connectivity index (χ1n) is 7.23. The second-order valence-corrected chi connectivity index (χ2v) is 5.51. The van der Waals surface area contributed by atoms with E-state index in [2.05, 4.69) is 9.97 Å². The summed E-state index contributed by atoms with van der Waals surface area (Å²) in [6.45, 7) is 0. The summed E-state index contributed by atoms with van der Waals surface area (Å²) >= 11 is 0. The molecule has 0 saturated heterocycles. The average Bonchev–Trinajstić information content (AvgIpc) is 2.97. The molecule has 1 spiro atoms. The van der Waals surface area contributed by atoms with Gasteiger partial charge in [0.2, 0.25) is 0 Å². The molecule has 1 atom stereocenters. The summed E-state index contributed by atoms with van der Waals surface area (Å²) in [7, 11) is 0. The summed E-state index contributed by atoms with van der Waals surface area (Å²) in [6.07, 6.45) is 6.76. The smallest absolute Gasteiger partial charge is 0.256 e. The molecule has 23 heavy (non-hydrogen) atoms. The van der Waals surface area contributed by atoms with E-state index in [4.69, 9.17) is 9.73 Å². The van der Waals surface area contributed by atoms with Crippen LogP contribution in [-0.2, 0) is 5.54 Å². The molecule has 5 heteroatoms. The van der Waals surface area contributed by atoms with Crippen LogP contribution in [-0.4, -0.2) is 16.2 Å². The minimum atomic E-state index is -0.836. The van der Waals surface area contributed by atoms with Crippen LogP contribution in [0.5, 0.6) is 11.5 Å². The molecule has 0 saturated carbocycles. The molecule has 1 unspecified atom stereocenters. The van der Waals surface area contributed by atoms with Gasteiger partial charge in [0, 0.05) is 47.1 Å². The van der Waals surface area contributed by atoms with Crippen LogP contribution in [0.1, 0.15) is 22.3 Å². The molecule has 0 fully saturated rings. The molecule has 4 nitrogen and oxygen atoms in total. The van der Waals surface area contributed by atoms with E-state index in [9.17, 15) is 4.39 Å². The first-order chi connectivity index (χ1) is 11.3. The molecule has 2 aliphatic rings. The molecule has 3 aromatic rings. The third-order valence-electron chi connectivity index (χ3n) is 4.38. The van der Waals surface area contributed by atoms with Gasteiger partial charge in [0.15, 0.2) is 5.75 Å². The van der Waals surface area contributed by atoms with Crippen LogP contribution in [0.3, 0.4) is 0 Å². The summed E-state index contributed by atoms with van der Waals surface area (Å²) in [5.41, 5.74) is 2.58. The largest absolute Gasteiger partial charge is 0.452 e. The fourth-order valence-electron chi connectivity index (χ4n) is 3.40. The zero-order chi connectivity index (χ0) is 15.4. The number of pyridine rings is 2. The van der Waals surface area contributed by atoms with Gasteiger partial charge in [-0.3, -0.25) is 9.98 Å². The number of aliphatic imine (C=N–C) groups is 1. The van der Waals surface area contributed by atoms with Gasteiger partial charge < -0.3 is 4.74 Å². The zero-order valence-electron chi connectivity index (χ0n) is 11.9. The third-order valence-corrected chi connectivity index (χ3v) is 4.38. The quantitative estimate of drug-likeness (QED) is 0.598. The predicted molar refractivity (Wildman–Crippen MR) is 82.4 cm³/mol. The van der Waals surface area contributed by atoms with Crippen molar-refractivity contribution >= 4 is 6.21 Å². The number of fused-ring (bicyclic) bond motifs is 6. The predicted octanol–water partition coefficient (Wildman–Crippen LogP) is 3.45. The molecule has 0 radical (unpaired) electrons. The lowest BCUT2D eigenvalue weighted by Gasteiger charge is -2.35. The summed E-state index contributed by atoms with van der Waals surface area (Å²) in [5.74, 6) is 0.0738. The van der Waals surface area contributed by atoms with E-state index >= 15 is 0 Å². The summed E-state index contributed by atoms with van der Waals surface area (Å²) < 4.78 is 20.1. The Hall–Kier alpha value is -3.08. The fraction of sp³-hybridized carbons (Fsp3) is 0.0556. The minimum absolute atomic E-state index is 0.125. The van der Waals surface area contributed by atoms with Crippen molar-refractivity contribution in [3.05, 3.63) is 83.2 Å². The Bertz CT molecular complexity index is 986. The van der Waals surface area contributed by atoms with E-state index in [1.54, 1.807) is 24.7 Å². The van der Waals surface area contributed by atoms with Crippen LogP contribution >= 0.6 is 0 Å². The van der Waals surface area contributed by atoms with Crippen LogP contribution < -0.4 is 4.74 Å². The highest BCUT2D eigenvalue weighted by Crippen LogP contribution is 2.54. The Kier molecular flexibility index (Phi) is 2.29. The molecule has 0 N–H and O–H groups in total. The van der Waals surface area contributed by atoms with Crippen molar-refractivity contribution in [2.24, 2.45) is 4.99 Å². The lowest BCUT2D eigenvalue weighted by molar-refractivity contribution is 0.385. The summed E-state index contributed by atoms with van der Waals surface area (Å²) in [6, 6.07) is 11.2. The number of rotatable bonds is 0. The summed E-state index contributed by atoms with van der Waals surface area (Å²) in [5, 5.41) is 0. The lowest BCUT2D eigenvalue weighted by Crippen LogP contribution is -2.30. The molecular formula is C18H10FN3O. The van der Waals surface area contributed by atoms with Gasteiger partial charge in [0.05, 0.1) is 0 Å². The van der Waals surface area contributed by atoms with Gasteiger partial charge in [-0.1, -0.05) is 18.2 Å². The average molecular weight is 303 g/mol. The molecule has 4 heterocycles. The Morgan fingerprint density at radius 2 is 1.87 bits per heavy atom. The first kappa shape index (κ1) is 12.5. The number of aromatic nitrogens is 2. The second-order valence-electron chi connectivity index (χ2n) is 5.51. The van der Waals surface area contributed by atoms with Crippen molar-refractivity contribution in [2.75, 3.05) is 0 Å². The SMILES string of the molecule is Fc1nccc2c1Oc1ccccc1C21N=Cc2ccncc21. The molecule has 1 aromatic carbocycles. The topological polar surface area (TPSA) is 47.4 Å². The molecule has 5 rings (SSSR count). The van der Waals surface area contributed by atoms with Crippen LogP contribution in [0.2, 0.25) is 0 Å². The van der Waals surface area contributed by atoms with E-state index in [0.717, 1.165) is 16.7 Å². The normalized spacial score (nSPS) is 19.9. The highest BCUT2D eigenvalue weighted by Gasteiger charge is 2.48. The monoisotopic (exact) mass is 303 g/mol. The molecule has 2 aliphatic heterocycles. The fourth-order valence-corrected chi connectivity index (χ4v) is 3.40. The van der Waals surface area contributed by atoms with Crippen LogP contribution in [0.4, 0.5) is 4.39 Å². The molecule has 0 bridgehead atoms. The van der Waals surface area contributed by atoms with Gasteiger partial charge >= 0.3 is 0 Å². The molecular weight excluding hydrogens is 293 g/mol. The highest BCUT2D eigenvalue weighted by atomic mass is 19.1. The van der Waals surface area contributed by atoms with Crippen molar-refractivity contribution in [1.29, 1.82) is 0 Å². The van der Waals surface area contributed by atoms with Gasteiger partial charge in [-0.2, -0.15) is 4.39 Å². The number of hydrogen-bond donors (Lipinski definition) is 0. The van der Waals surface area contributed by atoms with Crippen molar-refractivity contribution in [3.63, 3.8) is 0 Å². The maximum Gasteiger partial charge on any atom is 0.256 e. The van der Waals surface area contributed by atoms with Gasteiger partial charge in [-0.25, -0.2) is 4.98 Å². The second kappa shape index (κ2) is 4.23. The zero-order valence-corrected chi connectivity index (χ0v) is 11.9. The van der Waals surface area contributed by atoms with E-state index in [1.807, 2.05) is 30.3 Å². The third kappa shape index (κ3) is 1.46. The lowest BCUT2D eigenvalue weighted by atomic mass is 9.76. The highest BCUT2D eigenvalue weighted by molar-refractivity contribution is 5.89. The Morgan fingerprint density at radius 1 is 0.957 bits per heavy atom. The van der Waals surface area contributed by atoms with Crippen molar-refractivity contribution in [3.8, 4) is 11.5 Å². The van der Waals surface area contributed by atoms with Crippen LogP contribution in [0, 0.1) is 5.95 Å². The Labute approximate surface area is 131 Å². The number of hydrogen-bond acceptors (Lipinski definition) is 4. The van der Waals surface area contributed by atoms with Gasteiger partial charge in [-0.15, -0.1) is 0 Å². The van der Waals surface area contributed by atoms with E-state index < -0.39 is 11.5 Å². The molecule has 110 valence electrons. The number of para-hydroxylation sites is 1. The Balaban J connectivity index is 1.94. The van der Waals surface area contributed by atoms with Crippen molar-refractivity contribution in [2.45, 2.75) is 5.54 Å². The van der Waals surface area contributed by atoms with E-state index in [1.165, 1.54) is 6.20 Å². The van der Waals surface area contributed by atoms with Gasteiger partial charge in [-0.05, 0) is 18.2 Å². The van der Waals surface area contributed by atoms with Crippen LogP contribution in [0.15, 0.2) is 60.0 Å². The number of ether oxygens (including phenoxy) is 1. The maximum atomic E-state index is 14.3. The number of benzene rings is 1. The van der Waals surface area contributed by atoms with Gasteiger partial charge in [0.1, 0.15) is 11.3 Å². The first-order valence-corrected chi connectivity index (χ1v) is 7.23. The van der Waals surface area contributed by atoms with Crippen molar-refractivity contribution in [1.82, 2.24) is 9.97 Å². The van der Waals surface area contributed by atoms with Crippen LogP contribution in [0.25, 0.3) is 0 Å². The number of nitrogens with zero attached hydrogens (tertiary/aromatic N) is 3. The standard InChI is InChI=1S/C18H10FN3O/c19-17-16-13(6-8-21-17)18(12-3-1-2-4-15(12)23-16)14-10-20-7-5-11(14)9-22-18/h1-10H. The maximum absolute atomic E-state index is 14.3.